The second-order valence-corrected chi connectivity index (χ2v) is 6.87. The Hall–Kier alpha value is -2.34. The number of carbonyl (C=O) groups excluding carboxylic acids is 1. The van der Waals surface area contributed by atoms with E-state index in [0.29, 0.717) is 13.0 Å². The molecule has 0 bridgehead atoms. The third-order valence-corrected chi connectivity index (χ3v) is 5.00. The van der Waals surface area contributed by atoms with Crippen molar-refractivity contribution in [3.05, 3.63) is 48.5 Å². The first-order chi connectivity index (χ1) is 12.6. The van der Waals surface area contributed by atoms with Crippen molar-refractivity contribution in [2.24, 2.45) is 5.92 Å². The van der Waals surface area contributed by atoms with Crippen LogP contribution in [0.2, 0.25) is 0 Å². The number of nitrogens with zero attached hydrogens (tertiary/aromatic N) is 2. The van der Waals surface area contributed by atoms with Crippen LogP contribution in [0, 0.1) is 12.8 Å². The molecular weight excluding hydrogens is 330 g/mol. The van der Waals surface area contributed by atoms with Crippen molar-refractivity contribution in [3.63, 3.8) is 0 Å². The van der Waals surface area contributed by atoms with Gasteiger partial charge in [-0.2, -0.15) is 0 Å². The summed E-state index contributed by atoms with van der Waals surface area (Å²) in [6, 6.07) is 9.55. The van der Waals surface area contributed by atoms with Gasteiger partial charge in [-0.1, -0.05) is 18.2 Å². The maximum absolute atomic E-state index is 12.0. The van der Waals surface area contributed by atoms with Gasteiger partial charge < -0.3 is 19.7 Å². The molecule has 1 saturated carbocycles. The zero-order chi connectivity index (χ0) is 18.4. The van der Waals surface area contributed by atoms with Crippen LogP contribution in [0.25, 0.3) is 0 Å². The highest BCUT2D eigenvalue weighted by atomic mass is 16.5. The molecule has 140 valence electrons. The summed E-state index contributed by atoms with van der Waals surface area (Å²) in [7, 11) is 0. The predicted octanol–water partition coefficient (Wildman–Crippen LogP) is 2.31. The standard InChI is InChI=1S/C20H27N3O3/c1-15-21-11-13-23(15)12-5-8-19(24)22-14-16-9-10-18(20(16)25)26-17-6-3-2-4-7-17/h2-4,6-7,11,13,16,18,20,25H,5,8-10,12,14H2,1H3,(H,22,24)/t16-,18-,20-/m1/s1. The molecule has 0 spiro atoms. The molecule has 1 aliphatic rings. The molecule has 1 fully saturated rings. The highest BCUT2D eigenvalue weighted by Crippen LogP contribution is 2.29. The summed E-state index contributed by atoms with van der Waals surface area (Å²) in [4.78, 5) is 16.2. The summed E-state index contributed by atoms with van der Waals surface area (Å²) in [5, 5.41) is 13.4. The van der Waals surface area contributed by atoms with Gasteiger partial charge in [0.15, 0.2) is 0 Å². The molecular formula is C20H27N3O3. The van der Waals surface area contributed by atoms with E-state index in [2.05, 4.69) is 10.3 Å². The van der Waals surface area contributed by atoms with E-state index in [-0.39, 0.29) is 17.9 Å². The van der Waals surface area contributed by atoms with E-state index >= 15 is 0 Å². The molecule has 3 atom stereocenters. The van der Waals surface area contributed by atoms with Crippen LogP contribution in [0.5, 0.6) is 5.75 Å². The van der Waals surface area contributed by atoms with Gasteiger partial charge in [-0.25, -0.2) is 4.98 Å². The zero-order valence-corrected chi connectivity index (χ0v) is 15.2. The minimum Gasteiger partial charge on any atom is -0.488 e. The lowest BCUT2D eigenvalue weighted by atomic mass is 10.1. The summed E-state index contributed by atoms with van der Waals surface area (Å²) in [6.07, 6.45) is 5.84. The zero-order valence-electron chi connectivity index (χ0n) is 15.2. The molecule has 0 saturated heterocycles. The number of aryl methyl sites for hydroxylation is 2. The second-order valence-electron chi connectivity index (χ2n) is 6.87. The number of rotatable bonds is 8. The fourth-order valence-corrected chi connectivity index (χ4v) is 3.43. The van der Waals surface area contributed by atoms with Crippen LogP contribution in [0.1, 0.15) is 31.5 Å². The molecule has 1 aromatic carbocycles. The molecule has 1 heterocycles. The Balaban J connectivity index is 1.36. The molecule has 1 aliphatic carbocycles. The summed E-state index contributed by atoms with van der Waals surface area (Å²) >= 11 is 0. The Morgan fingerprint density at radius 1 is 1.35 bits per heavy atom. The maximum Gasteiger partial charge on any atom is 0.220 e. The topological polar surface area (TPSA) is 76.4 Å². The Morgan fingerprint density at radius 2 is 2.15 bits per heavy atom. The number of hydrogen-bond acceptors (Lipinski definition) is 4. The number of amides is 1. The lowest BCUT2D eigenvalue weighted by Gasteiger charge is -2.21. The molecule has 6 heteroatoms. The summed E-state index contributed by atoms with van der Waals surface area (Å²) in [5.74, 6) is 1.81. The summed E-state index contributed by atoms with van der Waals surface area (Å²) in [5.41, 5.74) is 0. The van der Waals surface area contributed by atoms with Gasteiger partial charge in [0.25, 0.3) is 0 Å². The first kappa shape index (κ1) is 18.5. The number of aromatic nitrogens is 2. The van der Waals surface area contributed by atoms with E-state index in [4.69, 9.17) is 4.74 Å². The van der Waals surface area contributed by atoms with E-state index in [1.54, 1.807) is 6.20 Å². The lowest BCUT2D eigenvalue weighted by Crippen LogP contribution is -2.37. The van der Waals surface area contributed by atoms with Crippen LogP contribution in [0.3, 0.4) is 0 Å². The quantitative estimate of drug-likeness (QED) is 0.760. The van der Waals surface area contributed by atoms with Gasteiger partial charge >= 0.3 is 0 Å². The molecule has 0 unspecified atom stereocenters. The number of imidazole rings is 1. The van der Waals surface area contributed by atoms with Crippen LogP contribution in [0.15, 0.2) is 42.7 Å². The molecule has 2 aromatic rings. The number of nitrogens with one attached hydrogen (secondary N) is 1. The van der Waals surface area contributed by atoms with Crippen molar-refractivity contribution in [1.29, 1.82) is 0 Å². The monoisotopic (exact) mass is 357 g/mol. The highest BCUT2D eigenvalue weighted by Gasteiger charge is 2.36. The van der Waals surface area contributed by atoms with Crippen LogP contribution in [-0.2, 0) is 11.3 Å². The third kappa shape index (κ3) is 4.85. The molecule has 1 amide bonds. The molecule has 0 aliphatic heterocycles. The van der Waals surface area contributed by atoms with E-state index in [1.807, 2.05) is 48.0 Å². The Morgan fingerprint density at radius 3 is 2.88 bits per heavy atom. The van der Waals surface area contributed by atoms with Gasteiger partial charge in [-0.15, -0.1) is 0 Å². The normalized spacial score (nSPS) is 22.3. The van der Waals surface area contributed by atoms with Gasteiger partial charge in [-0.05, 0) is 38.3 Å². The number of ether oxygens (including phenoxy) is 1. The summed E-state index contributed by atoms with van der Waals surface area (Å²) < 4.78 is 7.91. The Kier molecular flexibility index (Phi) is 6.28. The minimum absolute atomic E-state index is 0.0300. The minimum atomic E-state index is -0.552. The Labute approximate surface area is 154 Å². The molecule has 6 nitrogen and oxygen atoms in total. The lowest BCUT2D eigenvalue weighted by molar-refractivity contribution is -0.121. The fourth-order valence-electron chi connectivity index (χ4n) is 3.43. The highest BCUT2D eigenvalue weighted by molar-refractivity contribution is 5.75. The second kappa shape index (κ2) is 8.85. The van der Waals surface area contributed by atoms with Gasteiger partial charge in [0.05, 0.1) is 6.10 Å². The molecule has 2 N–H and O–H groups in total. The maximum atomic E-state index is 12.0. The molecule has 0 radical (unpaired) electrons. The van der Waals surface area contributed by atoms with Crippen molar-refractivity contribution in [2.45, 2.75) is 51.4 Å². The predicted molar refractivity (Wildman–Crippen MR) is 98.8 cm³/mol. The average Bonchev–Trinajstić information content (AvgIpc) is 3.21. The van der Waals surface area contributed by atoms with Crippen LogP contribution in [0.4, 0.5) is 0 Å². The van der Waals surface area contributed by atoms with Crippen molar-refractivity contribution >= 4 is 5.91 Å². The van der Waals surface area contributed by atoms with E-state index in [9.17, 15) is 9.90 Å². The first-order valence-corrected chi connectivity index (χ1v) is 9.27. The van der Waals surface area contributed by atoms with Gasteiger partial charge in [-0.3, -0.25) is 4.79 Å². The summed E-state index contributed by atoms with van der Waals surface area (Å²) in [6.45, 7) is 3.24. The van der Waals surface area contributed by atoms with Crippen molar-refractivity contribution in [3.8, 4) is 5.75 Å². The van der Waals surface area contributed by atoms with Crippen molar-refractivity contribution < 1.29 is 14.6 Å². The van der Waals surface area contributed by atoms with Gasteiger partial charge in [0.2, 0.25) is 5.91 Å². The van der Waals surface area contributed by atoms with E-state index in [0.717, 1.165) is 37.4 Å². The van der Waals surface area contributed by atoms with Crippen LogP contribution < -0.4 is 10.1 Å². The van der Waals surface area contributed by atoms with Crippen LogP contribution >= 0.6 is 0 Å². The SMILES string of the molecule is Cc1nccn1CCCC(=O)NC[C@H]1CC[C@@H](Oc2ccccc2)[C@@H]1O. The molecule has 3 rings (SSSR count). The number of benzene rings is 1. The molecule has 1 aromatic heterocycles. The van der Waals surface area contributed by atoms with E-state index < -0.39 is 6.10 Å². The first-order valence-electron chi connectivity index (χ1n) is 9.27. The number of aliphatic hydroxyl groups is 1. The smallest absolute Gasteiger partial charge is 0.220 e. The van der Waals surface area contributed by atoms with Crippen molar-refractivity contribution in [1.82, 2.24) is 14.9 Å². The Bertz CT molecular complexity index is 701. The number of para-hydroxylation sites is 1. The van der Waals surface area contributed by atoms with E-state index in [1.165, 1.54) is 0 Å². The van der Waals surface area contributed by atoms with Gasteiger partial charge in [0.1, 0.15) is 17.7 Å². The fraction of sp³-hybridized carbons (Fsp3) is 0.500. The number of carbonyl (C=O) groups is 1. The van der Waals surface area contributed by atoms with Gasteiger partial charge in [0, 0.05) is 37.8 Å². The number of hydrogen-bond donors (Lipinski definition) is 2. The molecule has 26 heavy (non-hydrogen) atoms. The number of aliphatic hydroxyl groups excluding tert-OH is 1. The van der Waals surface area contributed by atoms with Crippen LogP contribution in [-0.4, -0.2) is 39.3 Å². The van der Waals surface area contributed by atoms with Crippen molar-refractivity contribution in [2.75, 3.05) is 6.54 Å². The average molecular weight is 357 g/mol. The largest absolute Gasteiger partial charge is 0.488 e. The third-order valence-electron chi connectivity index (χ3n) is 5.00.